The zero-order valence-electron chi connectivity index (χ0n) is 11.6. The minimum absolute atomic E-state index is 0.571. The van der Waals surface area contributed by atoms with Gasteiger partial charge in [0.15, 0.2) is 0 Å². The number of rotatable bonds is 4. The van der Waals surface area contributed by atoms with Crippen molar-refractivity contribution in [2.45, 2.75) is 24.6 Å². The van der Waals surface area contributed by atoms with E-state index in [0.717, 1.165) is 22.4 Å². The molecule has 1 heterocycles. The maximum absolute atomic E-state index is 5.86. The van der Waals surface area contributed by atoms with Gasteiger partial charge in [0, 0.05) is 28.8 Å². The van der Waals surface area contributed by atoms with Gasteiger partial charge < -0.3 is 10.1 Å². The summed E-state index contributed by atoms with van der Waals surface area (Å²) in [5.41, 5.74) is 1.14. The van der Waals surface area contributed by atoms with E-state index in [1.54, 1.807) is 0 Å². The average Bonchev–Trinajstić information content (AvgIpc) is 2.86. The molecule has 1 aliphatic rings. The first-order valence-corrected chi connectivity index (χ1v) is 8.05. The number of para-hydroxylation sites is 1. The Morgan fingerprint density at radius 2 is 1.85 bits per heavy atom. The molecule has 0 spiro atoms. The molecule has 1 fully saturated rings. The Labute approximate surface area is 124 Å². The average molecular weight is 285 g/mol. The molecular formula is C17H19NOS. The predicted octanol–water partition coefficient (Wildman–Crippen LogP) is 4.78. The second kappa shape index (κ2) is 6.23. The number of hydrogen-bond donors (Lipinski definition) is 1. The monoisotopic (exact) mass is 285 g/mol. The van der Waals surface area contributed by atoms with E-state index in [9.17, 15) is 0 Å². The van der Waals surface area contributed by atoms with E-state index in [4.69, 9.17) is 4.74 Å². The van der Waals surface area contributed by atoms with Crippen molar-refractivity contribution in [1.82, 2.24) is 0 Å². The number of benzene rings is 2. The molecule has 0 amide bonds. The minimum atomic E-state index is 0.571. The molecule has 0 saturated carbocycles. The fourth-order valence-electron chi connectivity index (χ4n) is 2.43. The highest BCUT2D eigenvalue weighted by Crippen LogP contribution is 2.30. The number of hydrogen-bond acceptors (Lipinski definition) is 3. The summed E-state index contributed by atoms with van der Waals surface area (Å²) in [7, 11) is 0. The van der Waals surface area contributed by atoms with Crippen LogP contribution in [0.4, 0.5) is 5.69 Å². The molecule has 0 aromatic heterocycles. The molecule has 0 bridgehead atoms. The van der Waals surface area contributed by atoms with Crippen LogP contribution in [0, 0.1) is 0 Å². The van der Waals surface area contributed by atoms with Gasteiger partial charge in [0.25, 0.3) is 0 Å². The van der Waals surface area contributed by atoms with Crippen molar-refractivity contribution >= 4 is 17.4 Å². The quantitative estimate of drug-likeness (QED) is 0.873. The molecule has 3 heteroatoms. The molecule has 0 radical (unpaired) electrons. The topological polar surface area (TPSA) is 21.3 Å². The van der Waals surface area contributed by atoms with Gasteiger partial charge in [-0.05, 0) is 30.7 Å². The van der Waals surface area contributed by atoms with Gasteiger partial charge in [-0.1, -0.05) is 31.2 Å². The third kappa shape index (κ3) is 3.48. The molecule has 2 nitrogen and oxygen atoms in total. The first-order chi connectivity index (χ1) is 9.79. The van der Waals surface area contributed by atoms with Crippen LogP contribution in [0.5, 0.6) is 11.5 Å². The molecule has 2 aromatic rings. The summed E-state index contributed by atoms with van der Waals surface area (Å²) in [4.78, 5) is 0. The van der Waals surface area contributed by atoms with E-state index >= 15 is 0 Å². The van der Waals surface area contributed by atoms with Crippen molar-refractivity contribution in [1.29, 1.82) is 0 Å². The van der Waals surface area contributed by atoms with Crippen molar-refractivity contribution in [2.24, 2.45) is 0 Å². The molecular weight excluding hydrogens is 266 g/mol. The lowest BCUT2D eigenvalue weighted by molar-refractivity contribution is 0.483. The van der Waals surface area contributed by atoms with Crippen molar-refractivity contribution in [3.05, 3.63) is 54.6 Å². The molecule has 1 N–H and O–H groups in total. The lowest BCUT2D eigenvalue weighted by Gasteiger charge is -2.14. The molecule has 3 rings (SSSR count). The van der Waals surface area contributed by atoms with Crippen LogP contribution in [0.2, 0.25) is 0 Å². The van der Waals surface area contributed by atoms with Crippen molar-refractivity contribution < 1.29 is 4.74 Å². The normalized spacial score (nSPS) is 21.6. The molecule has 0 aliphatic carbocycles. The predicted molar refractivity (Wildman–Crippen MR) is 86.9 cm³/mol. The highest BCUT2D eigenvalue weighted by atomic mass is 32.2. The minimum Gasteiger partial charge on any atom is -0.457 e. The van der Waals surface area contributed by atoms with E-state index in [1.165, 1.54) is 12.2 Å². The highest BCUT2D eigenvalue weighted by Gasteiger charge is 2.21. The third-order valence-electron chi connectivity index (χ3n) is 3.38. The fraction of sp³-hybridized carbons (Fsp3) is 0.294. The van der Waals surface area contributed by atoms with Gasteiger partial charge in [0.2, 0.25) is 0 Å². The number of ether oxygens (including phenoxy) is 1. The molecule has 20 heavy (non-hydrogen) atoms. The zero-order chi connectivity index (χ0) is 13.8. The summed E-state index contributed by atoms with van der Waals surface area (Å²) in [5.74, 6) is 2.93. The molecule has 1 saturated heterocycles. The van der Waals surface area contributed by atoms with Crippen molar-refractivity contribution in [3.8, 4) is 11.5 Å². The number of anilines is 1. The Hall–Kier alpha value is -1.61. The largest absolute Gasteiger partial charge is 0.457 e. The van der Waals surface area contributed by atoms with Crippen LogP contribution in [0.25, 0.3) is 0 Å². The van der Waals surface area contributed by atoms with Crippen molar-refractivity contribution in [2.75, 3.05) is 11.1 Å². The van der Waals surface area contributed by atoms with Gasteiger partial charge in [-0.25, -0.2) is 0 Å². The standard InChI is InChI=1S/C17H19NOS/c1-13-10-15(12-20-13)18-14-6-5-9-17(11-14)19-16-7-3-2-4-8-16/h2-9,11,13,15,18H,10,12H2,1H3. The summed E-state index contributed by atoms with van der Waals surface area (Å²) in [5, 5.41) is 4.36. The van der Waals surface area contributed by atoms with E-state index in [-0.39, 0.29) is 0 Å². The van der Waals surface area contributed by atoms with Gasteiger partial charge in [0.1, 0.15) is 11.5 Å². The summed E-state index contributed by atoms with van der Waals surface area (Å²) in [6, 6.07) is 18.7. The molecule has 1 aliphatic heterocycles. The van der Waals surface area contributed by atoms with Gasteiger partial charge in [0.05, 0.1) is 0 Å². The Balaban J connectivity index is 1.67. The number of thioether (sulfide) groups is 1. The summed E-state index contributed by atoms with van der Waals surface area (Å²) in [6.45, 7) is 2.29. The molecule has 2 atom stereocenters. The Morgan fingerprint density at radius 1 is 1.05 bits per heavy atom. The number of nitrogens with one attached hydrogen (secondary N) is 1. The van der Waals surface area contributed by atoms with Gasteiger partial charge in [-0.15, -0.1) is 0 Å². The molecule has 104 valence electrons. The first kappa shape index (κ1) is 13.4. The molecule has 2 aromatic carbocycles. The van der Waals surface area contributed by atoms with Crippen molar-refractivity contribution in [3.63, 3.8) is 0 Å². The first-order valence-electron chi connectivity index (χ1n) is 7.01. The van der Waals surface area contributed by atoms with Crippen LogP contribution >= 0.6 is 11.8 Å². The highest BCUT2D eigenvalue weighted by molar-refractivity contribution is 8.00. The summed E-state index contributed by atoms with van der Waals surface area (Å²) in [6.07, 6.45) is 1.23. The summed E-state index contributed by atoms with van der Waals surface area (Å²) < 4.78 is 5.86. The van der Waals surface area contributed by atoms with Crippen LogP contribution in [0.1, 0.15) is 13.3 Å². The maximum atomic E-state index is 5.86. The van der Waals surface area contributed by atoms with Gasteiger partial charge in [-0.2, -0.15) is 11.8 Å². The van der Waals surface area contributed by atoms with E-state index in [0.29, 0.717) is 6.04 Å². The zero-order valence-corrected chi connectivity index (χ0v) is 12.4. The fourth-order valence-corrected chi connectivity index (χ4v) is 3.58. The van der Waals surface area contributed by atoms with Gasteiger partial charge in [-0.3, -0.25) is 0 Å². The van der Waals surface area contributed by atoms with E-state index in [1.807, 2.05) is 54.2 Å². The maximum Gasteiger partial charge on any atom is 0.129 e. The van der Waals surface area contributed by atoms with Crippen LogP contribution in [-0.4, -0.2) is 17.0 Å². The van der Waals surface area contributed by atoms with E-state index in [2.05, 4.69) is 24.4 Å². The Morgan fingerprint density at radius 3 is 2.60 bits per heavy atom. The third-order valence-corrected chi connectivity index (χ3v) is 4.74. The lowest BCUT2D eigenvalue weighted by atomic mass is 10.2. The van der Waals surface area contributed by atoms with Crippen LogP contribution in [0.3, 0.4) is 0 Å². The lowest BCUT2D eigenvalue weighted by Crippen LogP contribution is -2.18. The smallest absolute Gasteiger partial charge is 0.129 e. The SMILES string of the molecule is CC1CC(Nc2cccc(Oc3ccccc3)c2)CS1. The van der Waals surface area contributed by atoms with Crippen LogP contribution in [-0.2, 0) is 0 Å². The second-order valence-electron chi connectivity index (χ2n) is 5.16. The van der Waals surface area contributed by atoms with Gasteiger partial charge >= 0.3 is 0 Å². The Bertz CT molecular complexity index is 558. The Kier molecular flexibility index (Phi) is 4.16. The second-order valence-corrected chi connectivity index (χ2v) is 6.64. The van der Waals surface area contributed by atoms with Crippen LogP contribution in [0.15, 0.2) is 54.6 Å². The van der Waals surface area contributed by atoms with E-state index < -0.39 is 0 Å². The summed E-state index contributed by atoms with van der Waals surface area (Å²) >= 11 is 2.04. The molecule has 2 unspecified atom stereocenters. The van der Waals surface area contributed by atoms with Crippen LogP contribution < -0.4 is 10.1 Å².